The highest BCUT2D eigenvalue weighted by molar-refractivity contribution is 5.94. The van der Waals surface area contributed by atoms with E-state index in [2.05, 4.69) is 47.7 Å². The van der Waals surface area contributed by atoms with Gasteiger partial charge in [-0.05, 0) is 75.3 Å². The predicted molar refractivity (Wildman–Crippen MR) is 107 cm³/mol. The van der Waals surface area contributed by atoms with Crippen molar-refractivity contribution in [2.75, 3.05) is 11.9 Å². The quantitative estimate of drug-likeness (QED) is 0.717. The summed E-state index contributed by atoms with van der Waals surface area (Å²) in [6.07, 6.45) is 11.5. The van der Waals surface area contributed by atoms with Crippen LogP contribution in [0.1, 0.15) is 53.6 Å². The molecule has 0 atom stereocenters. The van der Waals surface area contributed by atoms with Gasteiger partial charge in [-0.2, -0.15) is 0 Å². The number of benzene rings is 1. The third-order valence-corrected chi connectivity index (χ3v) is 4.91. The van der Waals surface area contributed by atoms with Gasteiger partial charge in [-0.1, -0.05) is 17.7 Å². The van der Waals surface area contributed by atoms with E-state index in [0.29, 0.717) is 12.1 Å². The molecule has 4 heteroatoms. The molecule has 4 nitrogen and oxygen atoms in total. The number of hydrogen-bond acceptors (Lipinski definition) is 3. The summed E-state index contributed by atoms with van der Waals surface area (Å²) in [4.78, 5) is 16.6. The molecule has 26 heavy (non-hydrogen) atoms. The fourth-order valence-corrected chi connectivity index (χ4v) is 3.19. The van der Waals surface area contributed by atoms with Crippen molar-refractivity contribution in [1.29, 1.82) is 0 Å². The molecule has 0 spiro atoms. The Morgan fingerprint density at radius 2 is 1.96 bits per heavy atom. The molecule has 1 aliphatic carbocycles. The van der Waals surface area contributed by atoms with E-state index < -0.39 is 0 Å². The summed E-state index contributed by atoms with van der Waals surface area (Å²) in [6.45, 7) is 4.86. The van der Waals surface area contributed by atoms with Gasteiger partial charge in [0.2, 0.25) is 0 Å². The second-order valence-electron chi connectivity index (χ2n) is 7.00. The van der Waals surface area contributed by atoms with Gasteiger partial charge in [0.1, 0.15) is 0 Å². The maximum Gasteiger partial charge on any atom is 0.252 e. The molecule has 1 heterocycles. The number of nitrogens with zero attached hydrogens (tertiary/aromatic N) is 1. The molecule has 1 aliphatic rings. The van der Waals surface area contributed by atoms with Crippen LogP contribution in [0, 0.1) is 13.8 Å². The molecule has 1 aromatic heterocycles. The molecule has 136 valence electrons. The monoisotopic (exact) mass is 349 g/mol. The first-order valence-electron chi connectivity index (χ1n) is 9.37. The van der Waals surface area contributed by atoms with Crippen LogP contribution in [0.5, 0.6) is 0 Å². The number of pyridine rings is 1. The SMILES string of the molecule is Cc1ccc(Nc2cncc(C(=O)NCCC3=CCCCC3)c2)cc1C. The molecule has 2 aromatic rings. The van der Waals surface area contributed by atoms with E-state index in [1.807, 2.05) is 12.1 Å². The minimum atomic E-state index is -0.0716. The van der Waals surface area contributed by atoms with Crippen LogP contribution in [-0.2, 0) is 0 Å². The number of allylic oxidation sites excluding steroid dienone is 1. The van der Waals surface area contributed by atoms with Crippen LogP contribution in [0.25, 0.3) is 0 Å². The summed E-state index contributed by atoms with van der Waals surface area (Å²) >= 11 is 0. The van der Waals surface area contributed by atoms with Crippen molar-refractivity contribution in [1.82, 2.24) is 10.3 Å². The zero-order chi connectivity index (χ0) is 18.4. The van der Waals surface area contributed by atoms with Crippen LogP contribution < -0.4 is 10.6 Å². The van der Waals surface area contributed by atoms with Gasteiger partial charge >= 0.3 is 0 Å². The Kier molecular flexibility index (Phi) is 6.05. The Labute approximate surface area is 155 Å². The van der Waals surface area contributed by atoms with Crippen molar-refractivity contribution in [2.24, 2.45) is 0 Å². The van der Waals surface area contributed by atoms with Crippen molar-refractivity contribution >= 4 is 17.3 Å². The number of carbonyl (C=O) groups is 1. The minimum absolute atomic E-state index is 0.0716. The van der Waals surface area contributed by atoms with E-state index >= 15 is 0 Å². The van der Waals surface area contributed by atoms with Crippen molar-refractivity contribution < 1.29 is 4.79 Å². The van der Waals surface area contributed by atoms with E-state index in [4.69, 9.17) is 0 Å². The number of aromatic nitrogens is 1. The van der Waals surface area contributed by atoms with E-state index in [-0.39, 0.29) is 5.91 Å². The number of hydrogen-bond donors (Lipinski definition) is 2. The van der Waals surface area contributed by atoms with Gasteiger partial charge in [-0.3, -0.25) is 9.78 Å². The van der Waals surface area contributed by atoms with Crippen LogP contribution in [-0.4, -0.2) is 17.4 Å². The van der Waals surface area contributed by atoms with Crippen LogP contribution in [0.15, 0.2) is 48.3 Å². The minimum Gasteiger partial charge on any atom is -0.354 e. The fraction of sp³-hybridized carbons (Fsp3) is 0.364. The maximum absolute atomic E-state index is 12.4. The van der Waals surface area contributed by atoms with E-state index in [9.17, 15) is 4.79 Å². The van der Waals surface area contributed by atoms with E-state index in [1.165, 1.54) is 42.4 Å². The zero-order valence-electron chi connectivity index (χ0n) is 15.6. The summed E-state index contributed by atoms with van der Waals surface area (Å²) in [7, 11) is 0. The van der Waals surface area contributed by atoms with Gasteiger partial charge in [-0.15, -0.1) is 0 Å². The van der Waals surface area contributed by atoms with E-state index in [0.717, 1.165) is 17.8 Å². The van der Waals surface area contributed by atoms with Crippen molar-refractivity contribution in [3.63, 3.8) is 0 Å². The number of anilines is 2. The Morgan fingerprint density at radius 3 is 2.73 bits per heavy atom. The lowest BCUT2D eigenvalue weighted by Crippen LogP contribution is -2.25. The lowest BCUT2D eigenvalue weighted by atomic mass is 9.97. The average Bonchev–Trinajstić information content (AvgIpc) is 2.66. The largest absolute Gasteiger partial charge is 0.354 e. The standard InChI is InChI=1S/C22H27N3O/c1-16-8-9-20(12-17(16)2)25-21-13-19(14-23-15-21)22(26)24-11-10-18-6-4-3-5-7-18/h6,8-9,12-15,25H,3-5,7,10-11H2,1-2H3,(H,24,26). The summed E-state index contributed by atoms with van der Waals surface area (Å²) < 4.78 is 0. The van der Waals surface area contributed by atoms with Crippen molar-refractivity contribution in [3.8, 4) is 0 Å². The number of carbonyl (C=O) groups excluding carboxylic acids is 1. The fourth-order valence-electron chi connectivity index (χ4n) is 3.19. The second-order valence-corrected chi connectivity index (χ2v) is 7.00. The first-order valence-corrected chi connectivity index (χ1v) is 9.37. The Morgan fingerprint density at radius 1 is 1.08 bits per heavy atom. The summed E-state index contributed by atoms with van der Waals surface area (Å²) in [5.41, 5.74) is 6.35. The van der Waals surface area contributed by atoms with Crippen molar-refractivity contribution in [3.05, 3.63) is 65.0 Å². The third-order valence-electron chi connectivity index (χ3n) is 4.91. The number of aryl methyl sites for hydroxylation is 2. The molecule has 0 unspecified atom stereocenters. The molecular weight excluding hydrogens is 322 g/mol. The van der Waals surface area contributed by atoms with Gasteiger partial charge in [0.05, 0.1) is 17.4 Å². The smallest absolute Gasteiger partial charge is 0.252 e. The average molecular weight is 349 g/mol. The van der Waals surface area contributed by atoms with Crippen LogP contribution in [0.2, 0.25) is 0 Å². The normalized spacial score (nSPS) is 13.8. The molecule has 2 N–H and O–H groups in total. The first-order chi connectivity index (χ1) is 12.6. The Balaban J connectivity index is 1.58. The van der Waals surface area contributed by atoms with Crippen molar-refractivity contribution in [2.45, 2.75) is 46.0 Å². The van der Waals surface area contributed by atoms with Crippen LogP contribution in [0.3, 0.4) is 0 Å². The molecule has 0 fully saturated rings. The molecule has 0 aliphatic heterocycles. The summed E-state index contributed by atoms with van der Waals surface area (Å²) in [6, 6.07) is 8.06. The molecule has 1 aromatic carbocycles. The van der Waals surface area contributed by atoms with Gasteiger partial charge in [-0.25, -0.2) is 0 Å². The maximum atomic E-state index is 12.4. The third kappa shape index (κ3) is 4.94. The lowest BCUT2D eigenvalue weighted by molar-refractivity contribution is 0.0953. The van der Waals surface area contributed by atoms with E-state index in [1.54, 1.807) is 12.4 Å². The molecule has 3 rings (SSSR count). The second kappa shape index (κ2) is 8.65. The molecule has 0 radical (unpaired) electrons. The molecule has 1 amide bonds. The van der Waals surface area contributed by atoms with Gasteiger partial charge in [0.15, 0.2) is 0 Å². The highest BCUT2D eigenvalue weighted by Crippen LogP contribution is 2.21. The van der Waals surface area contributed by atoms with Gasteiger partial charge in [0.25, 0.3) is 5.91 Å². The predicted octanol–water partition coefficient (Wildman–Crippen LogP) is 5.06. The molecular formula is C22H27N3O. The molecule has 0 saturated carbocycles. The molecule has 0 bridgehead atoms. The Hall–Kier alpha value is -2.62. The van der Waals surface area contributed by atoms with Crippen LogP contribution >= 0.6 is 0 Å². The first kappa shape index (κ1) is 18.2. The highest BCUT2D eigenvalue weighted by Gasteiger charge is 2.09. The topological polar surface area (TPSA) is 54.0 Å². The van der Waals surface area contributed by atoms with Gasteiger partial charge < -0.3 is 10.6 Å². The van der Waals surface area contributed by atoms with Crippen LogP contribution in [0.4, 0.5) is 11.4 Å². The summed E-state index contributed by atoms with van der Waals surface area (Å²) in [5.74, 6) is -0.0716. The van der Waals surface area contributed by atoms with Gasteiger partial charge in [0, 0.05) is 18.4 Å². The lowest BCUT2D eigenvalue weighted by Gasteiger charge is -2.13. The number of nitrogens with one attached hydrogen (secondary N) is 2. The zero-order valence-corrected chi connectivity index (χ0v) is 15.6. The number of amides is 1. The Bertz CT molecular complexity index is 811. The molecule has 0 saturated heterocycles. The number of rotatable bonds is 6. The highest BCUT2D eigenvalue weighted by atomic mass is 16.1. The summed E-state index contributed by atoms with van der Waals surface area (Å²) in [5, 5.41) is 6.33.